The Hall–Kier alpha value is -1.65. The van der Waals surface area contributed by atoms with Crippen molar-refractivity contribution in [1.82, 2.24) is 4.90 Å². The van der Waals surface area contributed by atoms with Crippen LogP contribution in [0.15, 0.2) is 29.3 Å². The SMILES string of the molecule is COCCN1C(=O)C(Cl)=C(c2ccc(C)cc2)C1=O. The summed E-state index contributed by atoms with van der Waals surface area (Å²) in [5.74, 6) is -0.824. The molecule has 0 saturated heterocycles. The van der Waals surface area contributed by atoms with E-state index in [1.807, 2.05) is 19.1 Å². The third-order valence-corrected chi connectivity index (χ3v) is 3.32. The summed E-state index contributed by atoms with van der Waals surface area (Å²) >= 11 is 6.00. The number of methoxy groups -OCH3 is 1. The van der Waals surface area contributed by atoms with Gasteiger partial charge in [-0.1, -0.05) is 41.4 Å². The molecule has 1 aliphatic heterocycles. The van der Waals surface area contributed by atoms with Crippen molar-refractivity contribution in [3.8, 4) is 0 Å². The number of benzene rings is 1. The van der Waals surface area contributed by atoms with E-state index in [1.165, 1.54) is 7.11 Å². The minimum Gasteiger partial charge on any atom is -0.383 e. The number of ether oxygens (including phenoxy) is 1. The topological polar surface area (TPSA) is 46.6 Å². The zero-order valence-corrected chi connectivity index (χ0v) is 11.5. The molecule has 5 heteroatoms. The van der Waals surface area contributed by atoms with Crippen molar-refractivity contribution in [3.63, 3.8) is 0 Å². The molecule has 0 unspecified atom stereocenters. The van der Waals surface area contributed by atoms with Crippen LogP contribution in [0.1, 0.15) is 11.1 Å². The molecular formula is C14H14ClNO3. The third kappa shape index (κ3) is 2.55. The van der Waals surface area contributed by atoms with Crippen LogP contribution in [0.5, 0.6) is 0 Å². The Morgan fingerprint density at radius 1 is 1.16 bits per heavy atom. The van der Waals surface area contributed by atoms with Crippen LogP contribution in [-0.4, -0.2) is 37.0 Å². The number of carbonyl (C=O) groups excluding carboxylic acids is 2. The van der Waals surface area contributed by atoms with Crippen molar-refractivity contribution in [1.29, 1.82) is 0 Å². The Bertz CT molecular complexity index is 548. The summed E-state index contributed by atoms with van der Waals surface area (Å²) in [4.78, 5) is 25.3. The van der Waals surface area contributed by atoms with E-state index < -0.39 is 5.91 Å². The number of halogens is 1. The summed E-state index contributed by atoms with van der Waals surface area (Å²) < 4.78 is 4.88. The molecule has 2 rings (SSSR count). The van der Waals surface area contributed by atoms with Crippen LogP contribution in [0, 0.1) is 6.92 Å². The average molecular weight is 280 g/mol. The predicted octanol–water partition coefficient (Wildman–Crippen LogP) is 1.96. The molecule has 100 valence electrons. The highest BCUT2D eigenvalue weighted by Crippen LogP contribution is 2.31. The number of carbonyl (C=O) groups is 2. The lowest BCUT2D eigenvalue weighted by Crippen LogP contribution is -2.34. The monoisotopic (exact) mass is 279 g/mol. The molecule has 0 aliphatic carbocycles. The quantitative estimate of drug-likeness (QED) is 0.792. The van der Waals surface area contributed by atoms with E-state index in [0.717, 1.165) is 10.5 Å². The summed E-state index contributed by atoms with van der Waals surface area (Å²) in [6, 6.07) is 7.33. The fraction of sp³-hybridized carbons (Fsp3) is 0.286. The molecule has 1 heterocycles. The highest BCUT2D eigenvalue weighted by atomic mass is 35.5. The van der Waals surface area contributed by atoms with Gasteiger partial charge in [0, 0.05) is 7.11 Å². The molecule has 0 saturated carbocycles. The number of hydrogen-bond donors (Lipinski definition) is 0. The van der Waals surface area contributed by atoms with Gasteiger partial charge >= 0.3 is 0 Å². The summed E-state index contributed by atoms with van der Waals surface area (Å²) in [7, 11) is 1.51. The molecular weight excluding hydrogens is 266 g/mol. The van der Waals surface area contributed by atoms with Gasteiger partial charge in [0.15, 0.2) is 0 Å². The smallest absolute Gasteiger partial charge is 0.273 e. The first-order valence-corrected chi connectivity index (χ1v) is 6.26. The summed E-state index contributed by atoms with van der Waals surface area (Å²) in [5, 5.41) is -0.0232. The number of imide groups is 1. The van der Waals surface area contributed by atoms with Gasteiger partial charge in [-0.15, -0.1) is 0 Å². The number of nitrogens with zero attached hydrogens (tertiary/aromatic N) is 1. The van der Waals surface area contributed by atoms with E-state index in [-0.39, 0.29) is 23.1 Å². The molecule has 0 fully saturated rings. The predicted molar refractivity (Wildman–Crippen MR) is 72.5 cm³/mol. The Morgan fingerprint density at radius 3 is 2.37 bits per heavy atom. The van der Waals surface area contributed by atoms with Crippen LogP contribution in [-0.2, 0) is 14.3 Å². The molecule has 1 aromatic rings. The largest absolute Gasteiger partial charge is 0.383 e. The normalized spacial score (nSPS) is 15.6. The van der Waals surface area contributed by atoms with Gasteiger partial charge in [-0.25, -0.2) is 0 Å². The second-order valence-electron chi connectivity index (χ2n) is 4.31. The Kier molecular flexibility index (Phi) is 4.02. The fourth-order valence-electron chi connectivity index (χ4n) is 1.90. The van der Waals surface area contributed by atoms with Gasteiger partial charge in [0.1, 0.15) is 5.03 Å². The second-order valence-corrected chi connectivity index (χ2v) is 4.69. The van der Waals surface area contributed by atoms with Crippen molar-refractivity contribution < 1.29 is 14.3 Å². The van der Waals surface area contributed by atoms with Gasteiger partial charge in [0.05, 0.1) is 18.7 Å². The number of rotatable bonds is 4. The minimum atomic E-state index is -0.459. The maximum atomic E-state index is 12.2. The molecule has 1 aromatic carbocycles. The lowest BCUT2D eigenvalue weighted by Gasteiger charge is -2.13. The van der Waals surface area contributed by atoms with Gasteiger partial charge in [-0.3, -0.25) is 14.5 Å². The molecule has 19 heavy (non-hydrogen) atoms. The average Bonchev–Trinajstić information content (AvgIpc) is 2.60. The van der Waals surface area contributed by atoms with Gasteiger partial charge in [0.25, 0.3) is 11.8 Å². The van der Waals surface area contributed by atoms with Crippen LogP contribution < -0.4 is 0 Å². The first-order chi connectivity index (χ1) is 9.06. The summed E-state index contributed by atoms with van der Waals surface area (Å²) in [5.41, 5.74) is 2.00. The third-order valence-electron chi connectivity index (χ3n) is 2.97. The zero-order chi connectivity index (χ0) is 14.0. The van der Waals surface area contributed by atoms with Crippen molar-refractivity contribution in [2.24, 2.45) is 0 Å². The van der Waals surface area contributed by atoms with E-state index in [9.17, 15) is 9.59 Å². The Morgan fingerprint density at radius 2 is 1.79 bits per heavy atom. The van der Waals surface area contributed by atoms with E-state index in [4.69, 9.17) is 16.3 Å². The molecule has 0 N–H and O–H groups in total. The number of hydrogen-bond acceptors (Lipinski definition) is 3. The van der Waals surface area contributed by atoms with Gasteiger partial charge < -0.3 is 4.74 Å². The van der Waals surface area contributed by atoms with E-state index in [2.05, 4.69) is 0 Å². The molecule has 0 atom stereocenters. The number of amides is 2. The first kappa shape index (κ1) is 13.8. The summed E-state index contributed by atoms with van der Waals surface area (Å²) in [6.07, 6.45) is 0. The maximum absolute atomic E-state index is 12.2. The summed E-state index contributed by atoms with van der Waals surface area (Å²) in [6.45, 7) is 2.45. The maximum Gasteiger partial charge on any atom is 0.273 e. The van der Waals surface area contributed by atoms with Crippen LogP contribution in [0.3, 0.4) is 0 Å². The Labute approximate surface area is 116 Å². The van der Waals surface area contributed by atoms with E-state index in [1.54, 1.807) is 12.1 Å². The van der Waals surface area contributed by atoms with Crippen molar-refractivity contribution in [3.05, 3.63) is 40.4 Å². The molecule has 1 aliphatic rings. The van der Waals surface area contributed by atoms with Gasteiger partial charge in [0.2, 0.25) is 0 Å². The molecule has 4 nitrogen and oxygen atoms in total. The standard InChI is InChI=1S/C14H14ClNO3/c1-9-3-5-10(6-4-9)11-12(15)14(18)16(13(11)17)7-8-19-2/h3-6H,7-8H2,1-2H3. The Balaban J connectivity index is 2.32. The minimum absolute atomic E-state index is 0.0232. The van der Waals surface area contributed by atoms with Crippen molar-refractivity contribution in [2.45, 2.75) is 6.92 Å². The van der Waals surface area contributed by atoms with Gasteiger partial charge in [-0.05, 0) is 12.5 Å². The van der Waals surface area contributed by atoms with Crippen molar-refractivity contribution >= 4 is 29.0 Å². The van der Waals surface area contributed by atoms with Crippen LogP contribution in [0.4, 0.5) is 0 Å². The fourth-order valence-corrected chi connectivity index (χ4v) is 2.19. The molecule has 0 spiro atoms. The van der Waals surface area contributed by atoms with E-state index >= 15 is 0 Å². The van der Waals surface area contributed by atoms with E-state index in [0.29, 0.717) is 12.2 Å². The van der Waals surface area contributed by atoms with Gasteiger partial charge in [-0.2, -0.15) is 0 Å². The van der Waals surface area contributed by atoms with Crippen LogP contribution >= 0.6 is 11.6 Å². The first-order valence-electron chi connectivity index (χ1n) is 5.88. The highest BCUT2D eigenvalue weighted by Gasteiger charge is 2.37. The molecule has 2 amide bonds. The molecule has 0 bridgehead atoms. The molecule has 0 aromatic heterocycles. The lowest BCUT2D eigenvalue weighted by molar-refractivity contribution is -0.137. The lowest BCUT2D eigenvalue weighted by atomic mass is 10.0. The molecule has 0 radical (unpaired) electrons. The van der Waals surface area contributed by atoms with Crippen LogP contribution in [0.2, 0.25) is 0 Å². The number of aryl methyl sites for hydroxylation is 1. The second kappa shape index (κ2) is 5.55. The van der Waals surface area contributed by atoms with Crippen molar-refractivity contribution in [2.75, 3.05) is 20.3 Å². The van der Waals surface area contributed by atoms with Crippen LogP contribution in [0.25, 0.3) is 5.57 Å². The highest BCUT2D eigenvalue weighted by molar-refractivity contribution is 6.55. The zero-order valence-electron chi connectivity index (χ0n) is 10.8.